The molecule has 0 spiro atoms. The predicted octanol–water partition coefficient (Wildman–Crippen LogP) is 4.92. The van der Waals surface area contributed by atoms with Crippen molar-refractivity contribution >= 4 is 23.1 Å². The van der Waals surface area contributed by atoms with Crippen molar-refractivity contribution in [2.45, 2.75) is 32.0 Å². The van der Waals surface area contributed by atoms with Crippen LogP contribution in [0.2, 0.25) is 0 Å². The number of hydrogen-bond donors (Lipinski definition) is 1. The van der Waals surface area contributed by atoms with Gasteiger partial charge in [0.1, 0.15) is 12.4 Å². The summed E-state index contributed by atoms with van der Waals surface area (Å²) >= 11 is 1.67. The zero-order valence-electron chi connectivity index (χ0n) is 14.9. The number of aromatic nitrogens is 1. The Hall–Kier alpha value is -2.86. The van der Waals surface area contributed by atoms with Gasteiger partial charge in [0.05, 0.1) is 12.2 Å². The van der Waals surface area contributed by atoms with Crippen LogP contribution in [0.1, 0.15) is 23.4 Å². The molecule has 1 saturated carbocycles. The van der Waals surface area contributed by atoms with E-state index in [-0.39, 0.29) is 6.03 Å². The van der Waals surface area contributed by atoms with Gasteiger partial charge in [0.25, 0.3) is 0 Å². The largest absolute Gasteiger partial charge is 0.488 e. The van der Waals surface area contributed by atoms with Gasteiger partial charge in [-0.15, -0.1) is 11.3 Å². The number of pyridine rings is 1. The van der Waals surface area contributed by atoms with Crippen molar-refractivity contribution in [1.82, 2.24) is 9.88 Å². The van der Waals surface area contributed by atoms with E-state index in [0.29, 0.717) is 19.2 Å². The molecule has 0 atom stereocenters. The van der Waals surface area contributed by atoms with E-state index in [1.807, 2.05) is 64.9 Å². The standard InChI is InChI=1S/C21H21N3O2S/c25-21(24(18-8-9-18)14-17-4-1-2-12-22-17)23-16-6-10-19(11-7-16)26-15-20-5-3-13-27-20/h1-7,10-13,18H,8-9,14-15H2,(H,23,25). The molecule has 0 unspecified atom stereocenters. The van der Waals surface area contributed by atoms with Gasteiger partial charge in [0.2, 0.25) is 0 Å². The minimum absolute atomic E-state index is 0.0876. The first-order valence-corrected chi connectivity index (χ1v) is 9.89. The molecule has 0 radical (unpaired) electrons. The SMILES string of the molecule is O=C(Nc1ccc(OCc2cccs2)cc1)N(Cc1ccccn1)C1CC1. The zero-order chi connectivity index (χ0) is 18.5. The Morgan fingerprint density at radius 3 is 2.67 bits per heavy atom. The third-order valence-electron chi connectivity index (χ3n) is 4.37. The highest BCUT2D eigenvalue weighted by Gasteiger charge is 2.32. The first-order chi connectivity index (χ1) is 13.3. The van der Waals surface area contributed by atoms with Gasteiger partial charge in [0.15, 0.2) is 0 Å². The number of nitrogens with zero attached hydrogens (tertiary/aromatic N) is 2. The lowest BCUT2D eigenvalue weighted by Gasteiger charge is -2.22. The first kappa shape index (κ1) is 17.5. The number of nitrogens with one attached hydrogen (secondary N) is 1. The van der Waals surface area contributed by atoms with Crippen molar-refractivity contribution < 1.29 is 9.53 Å². The summed E-state index contributed by atoms with van der Waals surface area (Å²) in [4.78, 5) is 20.1. The van der Waals surface area contributed by atoms with Crippen molar-refractivity contribution in [3.63, 3.8) is 0 Å². The van der Waals surface area contributed by atoms with Gasteiger partial charge in [-0.1, -0.05) is 12.1 Å². The fourth-order valence-corrected chi connectivity index (χ4v) is 3.41. The summed E-state index contributed by atoms with van der Waals surface area (Å²) in [6.45, 7) is 1.09. The second-order valence-corrected chi connectivity index (χ2v) is 7.53. The number of thiophene rings is 1. The molecule has 2 heterocycles. The van der Waals surface area contributed by atoms with Gasteiger partial charge in [-0.2, -0.15) is 0 Å². The number of benzene rings is 1. The Bertz CT molecular complexity index is 862. The summed E-state index contributed by atoms with van der Waals surface area (Å²) in [6, 6.07) is 17.5. The Kier molecular flexibility index (Phi) is 5.34. The number of ether oxygens (including phenoxy) is 1. The molecule has 1 N–H and O–H groups in total. The minimum Gasteiger partial charge on any atom is -0.488 e. The van der Waals surface area contributed by atoms with Crippen LogP contribution in [0.15, 0.2) is 66.2 Å². The zero-order valence-corrected chi connectivity index (χ0v) is 15.7. The molecule has 6 heteroatoms. The Balaban J connectivity index is 1.35. The molecule has 1 aromatic carbocycles. The van der Waals surface area contributed by atoms with Crippen molar-refractivity contribution in [2.24, 2.45) is 0 Å². The molecule has 3 aromatic rings. The van der Waals surface area contributed by atoms with E-state index < -0.39 is 0 Å². The molecule has 5 nitrogen and oxygen atoms in total. The Morgan fingerprint density at radius 2 is 2.00 bits per heavy atom. The normalized spacial score (nSPS) is 13.2. The highest BCUT2D eigenvalue weighted by atomic mass is 32.1. The number of rotatable bonds is 7. The number of carbonyl (C=O) groups excluding carboxylic acids is 1. The third-order valence-corrected chi connectivity index (χ3v) is 5.22. The highest BCUT2D eigenvalue weighted by Crippen LogP contribution is 2.29. The molecule has 0 bridgehead atoms. The molecule has 4 rings (SSSR count). The lowest BCUT2D eigenvalue weighted by molar-refractivity contribution is 0.205. The minimum atomic E-state index is -0.0876. The van der Waals surface area contributed by atoms with Crippen molar-refractivity contribution in [2.75, 3.05) is 5.32 Å². The van der Waals surface area contributed by atoms with Crippen molar-refractivity contribution in [1.29, 1.82) is 0 Å². The molecule has 27 heavy (non-hydrogen) atoms. The molecule has 2 aromatic heterocycles. The fourth-order valence-electron chi connectivity index (χ4n) is 2.80. The Morgan fingerprint density at radius 1 is 1.15 bits per heavy atom. The lowest BCUT2D eigenvalue weighted by atomic mass is 10.3. The molecule has 1 fully saturated rings. The van der Waals surface area contributed by atoms with Crippen LogP contribution in [0.25, 0.3) is 0 Å². The van der Waals surface area contributed by atoms with E-state index in [9.17, 15) is 4.79 Å². The molecule has 1 aliphatic rings. The van der Waals surface area contributed by atoms with E-state index in [4.69, 9.17) is 4.74 Å². The predicted molar refractivity (Wildman–Crippen MR) is 107 cm³/mol. The van der Waals surface area contributed by atoms with E-state index in [1.165, 1.54) is 4.88 Å². The molecule has 0 aliphatic heterocycles. The summed E-state index contributed by atoms with van der Waals surface area (Å²) in [5.74, 6) is 0.786. The van der Waals surface area contributed by atoms with Crippen molar-refractivity contribution in [3.05, 3.63) is 76.7 Å². The van der Waals surface area contributed by atoms with Crippen LogP contribution in [0.5, 0.6) is 5.75 Å². The van der Waals surface area contributed by atoms with Gasteiger partial charge in [-0.25, -0.2) is 4.79 Å². The summed E-state index contributed by atoms with van der Waals surface area (Å²) < 4.78 is 5.76. The van der Waals surface area contributed by atoms with Crippen molar-refractivity contribution in [3.8, 4) is 5.75 Å². The maximum Gasteiger partial charge on any atom is 0.322 e. The lowest BCUT2D eigenvalue weighted by Crippen LogP contribution is -2.36. The van der Waals surface area contributed by atoms with Crippen LogP contribution in [0, 0.1) is 0 Å². The molecular formula is C21H21N3O2S. The number of hydrogen-bond acceptors (Lipinski definition) is 4. The average Bonchev–Trinajstić information content (AvgIpc) is 3.41. The molecule has 0 saturated heterocycles. The van der Waals surface area contributed by atoms with E-state index in [2.05, 4.69) is 10.3 Å². The fraction of sp³-hybridized carbons (Fsp3) is 0.238. The van der Waals surface area contributed by atoms with Gasteiger partial charge in [0, 0.05) is 22.8 Å². The second-order valence-electron chi connectivity index (χ2n) is 6.50. The van der Waals surface area contributed by atoms with Crippen LogP contribution in [0.3, 0.4) is 0 Å². The van der Waals surface area contributed by atoms with Gasteiger partial charge in [-0.05, 0) is 60.7 Å². The highest BCUT2D eigenvalue weighted by molar-refractivity contribution is 7.09. The van der Waals surface area contributed by atoms with Crippen LogP contribution < -0.4 is 10.1 Å². The summed E-state index contributed by atoms with van der Waals surface area (Å²) in [5, 5.41) is 5.02. The molecule has 1 aliphatic carbocycles. The summed E-state index contributed by atoms with van der Waals surface area (Å²) in [7, 11) is 0. The maximum absolute atomic E-state index is 12.7. The van der Waals surface area contributed by atoms with Gasteiger partial charge < -0.3 is 15.0 Å². The monoisotopic (exact) mass is 379 g/mol. The van der Waals surface area contributed by atoms with E-state index >= 15 is 0 Å². The van der Waals surface area contributed by atoms with Gasteiger partial charge in [-0.3, -0.25) is 4.98 Å². The summed E-state index contributed by atoms with van der Waals surface area (Å²) in [5.41, 5.74) is 1.66. The maximum atomic E-state index is 12.7. The molecule has 138 valence electrons. The van der Waals surface area contributed by atoms with Gasteiger partial charge >= 0.3 is 6.03 Å². The number of amides is 2. The molecular weight excluding hydrogens is 358 g/mol. The van der Waals surface area contributed by atoms with Crippen LogP contribution in [-0.2, 0) is 13.2 Å². The Labute approximate surface area is 162 Å². The van der Waals surface area contributed by atoms with Crippen LogP contribution in [-0.4, -0.2) is 22.0 Å². The smallest absolute Gasteiger partial charge is 0.322 e. The van der Waals surface area contributed by atoms with E-state index in [1.54, 1.807) is 17.5 Å². The van der Waals surface area contributed by atoms with Crippen LogP contribution >= 0.6 is 11.3 Å². The topological polar surface area (TPSA) is 54.5 Å². The number of urea groups is 1. The average molecular weight is 379 g/mol. The van der Waals surface area contributed by atoms with E-state index in [0.717, 1.165) is 30.0 Å². The number of anilines is 1. The number of carbonyl (C=O) groups is 1. The first-order valence-electron chi connectivity index (χ1n) is 9.01. The van der Waals surface area contributed by atoms with Crippen LogP contribution in [0.4, 0.5) is 10.5 Å². The third kappa shape index (κ3) is 4.86. The quantitative estimate of drug-likeness (QED) is 0.634. The summed E-state index contributed by atoms with van der Waals surface area (Å²) in [6.07, 6.45) is 3.86. The molecule has 2 amide bonds. The second kappa shape index (κ2) is 8.22.